The van der Waals surface area contributed by atoms with Crippen molar-refractivity contribution >= 4 is 21.6 Å². The minimum absolute atomic E-state index is 0.0499. The maximum absolute atomic E-state index is 15.9. The Hall–Kier alpha value is -4.73. The van der Waals surface area contributed by atoms with E-state index in [1.807, 2.05) is 97.9 Å². The number of ether oxygens (including phenoxy) is 1. The van der Waals surface area contributed by atoms with Crippen LogP contribution < -0.4 is 14.8 Å². The quantitative estimate of drug-likeness (QED) is 0.176. The zero-order chi connectivity index (χ0) is 32.9. The highest BCUT2D eigenvalue weighted by Crippen LogP contribution is 2.43. The molecule has 2 atom stereocenters. The van der Waals surface area contributed by atoms with Crippen LogP contribution in [0.1, 0.15) is 70.3 Å². The molecule has 1 aromatic heterocycles. The van der Waals surface area contributed by atoms with Crippen LogP contribution in [-0.2, 0) is 41.1 Å². The molecule has 0 bridgehead atoms. The van der Waals surface area contributed by atoms with Gasteiger partial charge in [0.25, 0.3) is 0 Å². The molecule has 3 aliphatic rings. The molecule has 2 heterocycles. The number of urea groups is 1. The molecule has 9 heteroatoms. The Balaban J connectivity index is 1.34. The number of hydrogen-bond acceptors (Lipinski definition) is 4. The average Bonchev–Trinajstić information content (AvgIpc) is 3.93. The smallest absolute Gasteiger partial charge is 0.354 e. The summed E-state index contributed by atoms with van der Waals surface area (Å²) in [7, 11) is -3.78. The summed E-state index contributed by atoms with van der Waals surface area (Å²) in [6, 6.07) is 29.0. The van der Waals surface area contributed by atoms with Gasteiger partial charge in [-0.15, -0.1) is 4.36 Å². The van der Waals surface area contributed by atoms with Gasteiger partial charge in [-0.05, 0) is 96.9 Å². The van der Waals surface area contributed by atoms with Crippen LogP contribution in [0.2, 0.25) is 0 Å². The van der Waals surface area contributed by atoms with E-state index >= 15 is 4.21 Å². The Morgan fingerprint density at radius 1 is 0.833 bits per heavy atom. The van der Waals surface area contributed by atoms with Crippen molar-refractivity contribution in [1.82, 2.24) is 14.5 Å². The third-order valence-corrected chi connectivity index (χ3v) is 12.1. The second kappa shape index (κ2) is 12.1. The number of rotatable bonds is 7. The van der Waals surface area contributed by atoms with Crippen molar-refractivity contribution in [2.45, 2.75) is 68.8 Å². The fourth-order valence-corrected chi connectivity index (χ4v) is 9.83. The highest BCUT2D eigenvalue weighted by atomic mass is 32.2. The standard InChI is InChI=1S/C39H39N5O3S/c1-26-25-47-37-35(24-40-44(26)37)48(46,42-38(45)41-36-33-22-12-20-31(33)27(2)32-21-13-23-34(32)36)43-39(28-14-6-3-7-15-28,29-16-8-4-9-17-29)30-18-10-5-11-19-30/h3-11,14-19,24,26H,12-13,20-23,25H2,1-2H3,(H2,41,42,43,45,46)/t26-,48-/m0/s1. The average molecular weight is 658 g/mol. The molecule has 244 valence electrons. The van der Waals surface area contributed by atoms with Gasteiger partial charge in [0.15, 0.2) is 9.92 Å². The molecule has 5 aromatic rings. The molecule has 8 nitrogen and oxygen atoms in total. The normalized spacial score (nSPS) is 17.6. The first kappa shape index (κ1) is 30.6. The zero-order valence-electron chi connectivity index (χ0n) is 27.2. The number of carbonyl (C=O) groups is 1. The van der Waals surface area contributed by atoms with Gasteiger partial charge in [-0.3, -0.25) is 0 Å². The maximum Gasteiger partial charge on any atom is 0.354 e. The van der Waals surface area contributed by atoms with Crippen LogP contribution in [0.4, 0.5) is 10.5 Å². The maximum atomic E-state index is 15.9. The summed E-state index contributed by atoms with van der Waals surface area (Å²) in [6.07, 6.45) is 7.50. The van der Waals surface area contributed by atoms with Crippen molar-refractivity contribution in [1.29, 1.82) is 0 Å². The number of anilines is 1. The largest absolute Gasteiger partial charge is 0.475 e. The van der Waals surface area contributed by atoms with Crippen molar-refractivity contribution in [2.24, 2.45) is 4.36 Å². The van der Waals surface area contributed by atoms with E-state index in [2.05, 4.69) is 26.4 Å². The summed E-state index contributed by atoms with van der Waals surface area (Å²) in [4.78, 5) is 14.5. The van der Waals surface area contributed by atoms with E-state index in [0.29, 0.717) is 12.5 Å². The molecule has 0 radical (unpaired) electrons. The topological polar surface area (TPSA) is 97.6 Å². The molecular weight excluding hydrogens is 619 g/mol. The number of nitrogens with zero attached hydrogens (tertiary/aromatic N) is 3. The zero-order valence-corrected chi connectivity index (χ0v) is 28.1. The summed E-state index contributed by atoms with van der Waals surface area (Å²) >= 11 is 0. The van der Waals surface area contributed by atoms with E-state index in [1.165, 1.54) is 34.0 Å². The summed E-state index contributed by atoms with van der Waals surface area (Å²) in [5.74, 6) is 0.358. The molecule has 2 amide bonds. The fourth-order valence-electron chi connectivity index (χ4n) is 7.95. The molecule has 2 aliphatic carbocycles. The summed E-state index contributed by atoms with van der Waals surface area (Å²) < 4.78 is 31.9. The minimum atomic E-state index is -3.78. The lowest BCUT2D eigenvalue weighted by Crippen LogP contribution is -2.48. The fraction of sp³-hybridized carbons (Fsp3) is 0.282. The second-order valence-electron chi connectivity index (χ2n) is 13.0. The SMILES string of the molecule is Cc1c2c(c(NC(=O)N=[S@](=O)(NC(c3ccccc3)(c3ccccc3)c3ccccc3)c3cnn4c3OC[C@@H]4C)c3c1CCC3)CCC2. The predicted molar refractivity (Wildman–Crippen MR) is 188 cm³/mol. The lowest BCUT2D eigenvalue weighted by atomic mass is 9.78. The van der Waals surface area contributed by atoms with E-state index in [9.17, 15) is 4.79 Å². The molecule has 8 rings (SSSR count). The summed E-state index contributed by atoms with van der Waals surface area (Å²) in [6.45, 7) is 4.60. The second-order valence-corrected chi connectivity index (χ2v) is 14.9. The number of fused-ring (bicyclic) bond motifs is 3. The van der Waals surface area contributed by atoms with Gasteiger partial charge >= 0.3 is 6.03 Å². The van der Waals surface area contributed by atoms with Gasteiger partial charge in [-0.1, -0.05) is 91.0 Å². The van der Waals surface area contributed by atoms with Crippen LogP contribution in [0.25, 0.3) is 0 Å². The number of nitrogens with one attached hydrogen (secondary N) is 2. The Labute approximate surface area is 281 Å². The van der Waals surface area contributed by atoms with E-state index in [-0.39, 0.29) is 10.9 Å². The Morgan fingerprint density at radius 3 is 1.85 bits per heavy atom. The predicted octanol–water partition coefficient (Wildman–Crippen LogP) is 7.68. The first-order valence-electron chi connectivity index (χ1n) is 16.8. The van der Waals surface area contributed by atoms with Gasteiger partial charge in [0.05, 0.1) is 12.2 Å². The van der Waals surface area contributed by atoms with Gasteiger partial charge in [0.2, 0.25) is 5.88 Å². The van der Waals surface area contributed by atoms with E-state index < -0.39 is 21.5 Å². The van der Waals surface area contributed by atoms with E-state index in [4.69, 9.17) is 4.74 Å². The van der Waals surface area contributed by atoms with Gasteiger partial charge < -0.3 is 10.1 Å². The van der Waals surface area contributed by atoms with Crippen LogP contribution in [0, 0.1) is 6.92 Å². The van der Waals surface area contributed by atoms with Crippen LogP contribution in [-0.4, -0.2) is 26.6 Å². The van der Waals surface area contributed by atoms with Crippen LogP contribution >= 0.6 is 0 Å². The molecule has 0 unspecified atom stereocenters. The Bertz CT molecular complexity index is 2010. The molecular formula is C39H39N5O3S. The first-order chi connectivity index (χ1) is 23.4. The van der Waals surface area contributed by atoms with Crippen LogP contribution in [0.3, 0.4) is 0 Å². The summed E-state index contributed by atoms with van der Waals surface area (Å²) in [5, 5.41) is 7.74. The number of hydrogen-bond donors (Lipinski definition) is 2. The first-order valence-corrected chi connectivity index (χ1v) is 18.3. The molecule has 0 spiro atoms. The molecule has 0 saturated heterocycles. The van der Waals surface area contributed by atoms with Crippen molar-refractivity contribution in [3.8, 4) is 5.88 Å². The summed E-state index contributed by atoms with van der Waals surface area (Å²) in [5.41, 5.74) is 8.69. The third kappa shape index (κ3) is 4.95. The van der Waals surface area contributed by atoms with Gasteiger partial charge in [0, 0.05) is 5.69 Å². The van der Waals surface area contributed by atoms with Crippen molar-refractivity contribution in [3.63, 3.8) is 0 Å². The molecule has 1 aliphatic heterocycles. The number of amides is 2. The lowest BCUT2D eigenvalue weighted by Gasteiger charge is -2.37. The van der Waals surface area contributed by atoms with Crippen molar-refractivity contribution < 1.29 is 13.7 Å². The molecule has 48 heavy (non-hydrogen) atoms. The molecule has 0 saturated carbocycles. The minimum Gasteiger partial charge on any atom is -0.475 e. The monoisotopic (exact) mass is 657 g/mol. The molecule has 4 aromatic carbocycles. The highest BCUT2D eigenvalue weighted by molar-refractivity contribution is 7.92. The Morgan fingerprint density at radius 2 is 1.33 bits per heavy atom. The molecule has 0 fully saturated rings. The molecule has 2 N–H and O–H groups in total. The van der Waals surface area contributed by atoms with Gasteiger partial charge in [-0.2, -0.15) is 5.10 Å². The number of benzene rings is 4. The lowest BCUT2D eigenvalue weighted by molar-refractivity contribution is 0.260. The highest BCUT2D eigenvalue weighted by Gasteiger charge is 2.42. The van der Waals surface area contributed by atoms with Crippen LogP contribution in [0.15, 0.2) is 106 Å². The van der Waals surface area contributed by atoms with Crippen molar-refractivity contribution in [2.75, 3.05) is 11.9 Å². The van der Waals surface area contributed by atoms with Gasteiger partial charge in [-0.25, -0.2) is 18.4 Å². The third-order valence-electron chi connectivity index (χ3n) is 10.2. The number of carbonyl (C=O) groups excluding carboxylic acids is 1. The van der Waals surface area contributed by atoms with Crippen LogP contribution in [0.5, 0.6) is 5.88 Å². The van der Waals surface area contributed by atoms with E-state index in [0.717, 1.165) is 60.9 Å². The van der Waals surface area contributed by atoms with Crippen molar-refractivity contribution in [3.05, 3.63) is 142 Å². The Kier molecular flexibility index (Phi) is 7.69. The van der Waals surface area contributed by atoms with Gasteiger partial charge in [0.1, 0.15) is 17.0 Å². The van der Waals surface area contributed by atoms with E-state index in [1.54, 1.807) is 4.68 Å². The number of aromatic nitrogens is 2.